The molecule has 2 aromatic rings. The number of piperidine rings is 1. The molecule has 1 fully saturated rings. The number of benzene rings is 2. The SMILES string of the molecule is [2H]c1c([2H])c([2H])c(C(O)(CCN2CCCCC2)c2ccccc2)c([2H])c1[2H]. The molecular weight excluding hydrogens is 270 g/mol. The summed E-state index contributed by atoms with van der Waals surface area (Å²) in [5, 5.41) is 11.7. The molecule has 0 aliphatic carbocycles. The van der Waals surface area contributed by atoms with Gasteiger partial charge in [-0.25, -0.2) is 0 Å². The first kappa shape index (κ1) is 10.2. The van der Waals surface area contributed by atoms with E-state index in [1.807, 2.05) is 6.07 Å². The van der Waals surface area contributed by atoms with E-state index in [1.54, 1.807) is 24.3 Å². The third kappa shape index (κ3) is 3.40. The topological polar surface area (TPSA) is 23.5 Å². The minimum Gasteiger partial charge on any atom is -0.380 e. The van der Waals surface area contributed by atoms with Gasteiger partial charge in [-0.1, -0.05) is 67.0 Å². The van der Waals surface area contributed by atoms with Gasteiger partial charge in [-0.3, -0.25) is 0 Å². The monoisotopic (exact) mass is 300 g/mol. The van der Waals surface area contributed by atoms with E-state index in [9.17, 15) is 5.11 Å². The van der Waals surface area contributed by atoms with Crippen molar-refractivity contribution in [3.8, 4) is 0 Å². The van der Waals surface area contributed by atoms with E-state index in [0.717, 1.165) is 25.9 Å². The lowest BCUT2D eigenvalue weighted by atomic mass is 9.83. The fourth-order valence-corrected chi connectivity index (χ4v) is 3.09. The Morgan fingerprint density at radius 3 is 2.32 bits per heavy atom. The molecule has 1 atom stereocenters. The Bertz CT molecular complexity index is 779. The molecule has 1 aliphatic rings. The molecule has 0 spiro atoms. The predicted octanol–water partition coefficient (Wildman–Crippen LogP) is 3.80. The molecule has 0 aromatic heterocycles. The van der Waals surface area contributed by atoms with Crippen LogP contribution in [-0.4, -0.2) is 29.6 Å². The van der Waals surface area contributed by atoms with E-state index in [0.29, 0.717) is 12.1 Å². The molecule has 1 aliphatic heterocycles. The average molecular weight is 300 g/mol. The molecule has 0 saturated carbocycles. The second-order valence-corrected chi connectivity index (χ2v) is 5.88. The molecular formula is C20H25NO. The quantitative estimate of drug-likeness (QED) is 0.908. The standard InChI is InChI=1S/C20H25NO/c22-20(18-10-4-1-5-11-18,19-12-6-2-7-13-19)14-17-21-15-8-3-9-16-21/h1-2,4-7,10-13,22H,3,8-9,14-17H2/i1D,4D,5D,10D,11D. The van der Waals surface area contributed by atoms with Crippen molar-refractivity contribution in [2.45, 2.75) is 31.3 Å². The molecule has 1 saturated heterocycles. The highest BCUT2D eigenvalue weighted by atomic mass is 16.3. The summed E-state index contributed by atoms with van der Waals surface area (Å²) in [7, 11) is 0. The lowest BCUT2D eigenvalue weighted by Gasteiger charge is -2.33. The molecule has 22 heavy (non-hydrogen) atoms. The molecule has 2 heteroatoms. The van der Waals surface area contributed by atoms with Crippen molar-refractivity contribution in [1.82, 2.24) is 4.90 Å². The van der Waals surface area contributed by atoms with Crippen LogP contribution in [0.25, 0.3) is 0 Å². The summed E-state index contributed by atoms with van der Waals surface area (Å²) in [6.07, 6.45) is 3.73. The van der Waals surface area contributed by atoms with E-state index in [2.05, 4.69) is 4.90 Å². The van der Waals surface area contributed by atoms with E-state index in [4.69, 9.17) is 6.85 Å². The van der Waals surface area contributed by atoms with E-state index in [-0.39, 0.29) is 24.1 Å². The highest BCUT2D eigenvalue weighted by molar-refractivity contribution is 5.35. The molecule has 3 rings (SSSR count). The summed E-state index contributed by atoms with van der Waals surface area (Å²) in [5.41, 5.74) is -1.15. The summed E-state index contributed by atoms with van der Waals surface area (Å²) >= 11 is 0. The van der Waals surface area contributed by atoms with Crippen LogP contribution in [0.3, 0.4) is 0 Å². The Labute approximate surface area is 140 Å². The zero-order valence-corrected chi connectivity index (χ0v) is 12.7. The highest BCUT2D eigenvalue weighted by Crippen LogP contribution is 2.33. The lowest BCUT2D eigenvalue weighted by molar-refractivity contribution is 0.0546. The first-order valence-corrected chi connectivity index (χ1v) is 7.94. The van der Waals surface area contributed by atoms with Gasteiger partial charge >= 0.3 is 0 Å². The summed E-state index contributed by atoms with van der Waals surface area (Å²) in [5.74, 6) is 0. The Morgan fingerprint density at radius 2 is 1.64 bits per heavy atom. The number of hydrogen-bond donors (Lipinski definition) is 1. The Hall–Kier alpha value is -1.64. The minimum absolute atomic E-state index is 0.0447. The number of rotatable bonds is 5. The van der Waals surface area contributed by atoms with Crippen LogP contribution < -0.4 is 0 Å². The molecule has 2 nitrogen and oxygen atoms in total. The van der Waals surface area contributed by atoms with Crippen LogP contribution in [0, 0.1) is 0 Å². The second kappa shape index (κ2) is 7.08. The smallest absolute Gasteiger partial charge is 0.116 e. The van der Waals surface area contributed by atoms with Crippen molar-refractivity contribution in [3.63, 3.8) is 0 Å². The van der Waals surface area contributed by atoms with Crippen LogP contribution >= 0.6 is 0 Å². The third-order valence-corrected chi connectivity index (χ3v) is 4.40. The van der Waals surface area contributed by atoms with Gasteiger partial charge < -0.3 is 10.0 Å². The molecule has 1 unspecified atom stereocenters. The lowest BCUT2D eigenvalue weighted by Crippen LogP contribution is -2.36. The van der Waals surface area contributed by atoms with Gasteiger partial charge in [0.15, 0.2) is 0 Å². The van der Waals surface area contributed by atoms with Gasteiger partial charge in [-0.2, -0.15) is 0 Å². The van der Waals surface area contributed by atoms with Crippen LogP contribution in [0.2, 0.25) is 0 Å². The molecule has 0 bridgehead atoms. The third-order valence-electron chi connectivity index (χ3n) is 4.40. The fourth-order valence-electron chi connectivity index (χ4n) is 3.09. The molecule has 0 amide bonds. The van der Waals surface area contributed by atoms with E-state index >= 15 is 0 Å². The summed E-state index contributed by atoms with van der Waals surface area (Å²) in [6.45, 7) is 2.53. The van der Waals surface area contributed by atoms with Crippen LogP contribution in [0.4, 0.5) is 0 Å². The summed E-state index contributed by atoms with van der Waals surface area (Å²) in [6, 6.07) is 6.94. The predicted molar refractivity (Wildman–Crippen MR) is 90.8 cm³/mol. The maximum atomic E-state index is 11.7. The average Bonchev–Trinajstić information content (AvgIpc) is 2.71. The molecule has 0 radical (unpaired) electrons. The molecule has 2 aromatic carbocycles. The van der Waals surface area contributed by atoms with Gasteiger partial charge in [-0.05, 0) is 43.5 Å². The van der Waals surface area contributed by atoms with Gasteiger partial charge in [0.05, 0.1) is 6.85 Å². The van der Waals surface area contributed by atoms with Crippen LogP contribution in [0.15, 0.2) is 60.5 Å². The van der Waals surface area contributed by atoms with Gasteiger partial charge in [0.25, 0.3) is 0 Å². The van der Waals surface area contributed by atoms with E-state index < -0.39 is 23.7 Å². The molecule has 1 N–H and O–H groups in total. The summed E-state index contributed by atoms with van der Waals surface area (Å²) < 4.78 is 40.4. The normalized spacial score (nSPS) is 22.0. The van der Waals surface area contributed by atoms with Crippen molar-refractivity contribution >= 4 is 0 Å². The maximum absolute atomic E-state index is 11.7. The number of aliphatic hydroxyl groups is 1. The highest BCUT2D eigenvalue weighted by Gasteiger charge is 2.31. The fraction of sp³-hybridized carbons (Fsp3) is 0.400. The zero-order chi connectivity index (χ0) is 19.6. The van der Waals surface area contributed by atoms with Crippen molar-refractivity contribution in [1.29, 1.82) is 0 Å². The zero-order valence-electron chi connectivity index (χ0n) is 17.7. The van der Waals surface area contributed by atoms with Crippen LogP contribution in [-0.2, 0) is 5.60 Å². The van der Waals surface area contributed by atoms with Crippen molar-refractivity contribution in [3.05, 3.63) is 71.7 Å². The second-order valence-electron chi connectivity index (χ2n) is 5.88. The summed E-state index contributed by atoms with van der Waals surface area (Å²) in [4.78, 5) is 2.27. The Morgan fingerprint density at radius 1 is 0.955 bits per heavy atom. The number of likely N-dealkylation sites (tertiary alicyclic amines) is 1. The minimum atomic E-state index is -1.65. The number of nitrogens with zero attached hydrogens (tertiary/aromatic N) is 1. The van der Waals surface area contributed by atoms with Crippen molar-refractivity contribution < 1.29 is 12.0 Å². The Balaban J connectivity index is 2.08. The van der Waals surface area contributed by atoms with Crippen LogP contribution in [0.1, 0.15) is 43.7 Å². The van der Waals surface area contributed by atoms with Crippen molar-refractivity contribution in [2.75, 3.05) is 19.6 Å². The van der Waals surface area contributed by atoms with Gasteiger partial charge in [0.1, 0.15) is 5.60 Å². The molecule has 1 heterocycles. The van der Waals surface area contributed by atoms with Gasteiger partial charge in [0.2, 0.25) is 0 Å². The van der Waals surface area contributed by atoms with Gasteiger partial charge in [-0.15, -0.1) is 0 Å². The van der Waals surface area contributed by atoms with Crippen molar-refractivity contribution in [2.24, 2.45) is 0 Å². The van der Waals surface area contributed by atoms with Gasteiger partial charge in [0, 0.05) is 6.54 Å². The van der Waals surface area contributed by atoms with Crippen LogP contribution in [0.5, 0.6) is 0 Å². The first-order valence-electron chi connectivity index (χ1n) is 10.4. The maximum Gasteiger partial charge on any atom is 0.116 e. The van der Waals surface area contributed by atoms with E-state index in [1.165, 1.54) is 6.42 Å². The Kier molecular flexibility index (Phi) is 3.28. The largest absolute Gasteiger partial charge is 0.380 e. The molecule has 116 valence electrons. The first-order chi connectivity index (χ1) is 12.9. The number of hydrogen-bond acceptors (Lipinski definition) is 2.